The summed E-state index contributed by atoms with van der Waals surface area (Å²) in [6.45, 7) is 1.77. The lowest BCUT2D eigenvalue weighted by atomic mass is 10.1. The number of hydrogen-bond acceptors (Lipinski definition) is 2. The highest BCUT2D eigenvalue weighted by atomic mass is 19.1. The van der Waals surface area contributed by atoms with Crippen molar-refractivity contribution in [1.29, 1.82) is 0 Å². The number of halogens is 2. The average molecular weight is 250 g/mol. The molecular weight excluding hydrogens is 238 g/mol. The number of aryl methyl sites for hydroxylation is 1. The Balaban J connectivity index is 2.25. The predicted molar refractivity (Wildman–Crippen MR) is 63.5 cm³/mol. The maximum absolute atomic E-state index is 13.0. The van der Waals surface area contributed by atoms with Gasteiger partial charge in [-0.2, -0.15) is 0 Å². The Morgan fingerprint density at radius 2 is 1.67 bits per heavy atom. The van der Waals surface area contributed by atoms with Crippen molar-refractivity contribution < 1.29 is 18.6 Å². The van der Waals surface area contributed by atoms with Crippen molar-refractivity contribution in [3.63, 3.8) is 0 Å². The minimum absolute atomic E-state index is 0.0549. The van der Waals surface area contributed by atoms with Crippen molar-refractivity contribution in [3.8, 4) is 11.5 Å². The fourth-order valence-electron chi connectivity index (χ4n) is 1.63. The summed E-state index contributed by atoms with van der Waals surface area (Å²) in [5, 5.41) is 9.03. The van der Waals surface area contributed by atoms with Gasteiger partial charge in [-0.3, -0.25) is 0 Å². The van der Waals surface area contributed by atoms with Gasteiger partial charge in [0.25, 0.3) is 0 Å². The Kier molecular flexibility index (Phi) is 3.58. The van der Waals surface area contributed by atoms with E-state index in [1.165, 1.54) is 0 Å². The van der Waals surface area contributed by atoms with Crippen LogP contribution in [-0.2, 0) is 6.61 Å². The van der Waals surface area contributed by atoms with Crippen molar-refractivity contribution in [2.45, 2.75) is 13.5 Å². The topological polar surface area (TPSA) is 29.5 Å². The van der Waals surface area contributed by atoms with Crippen LogP contribution < -0.4 is 4.74 Å². The van der Waals surface area contributed by atoms with Gasteiger partial charge in [-0.25, -0.2) is 8.78 Å². The van der Waals surface area contributed by atoms with Crippen LogP contribution in [0.25, 0.3) is 0 Å². The molecule has 0 aliphatic heterocycles. The smallest absolute Gasteiger partial charge is 0.133 e. The first-order chi connectivity index (χ1) is 8.58. The molecule has 2 aromatic rings. The number of ether oxygens (including phenoxy) is 1. The van der Waals surface area contributed by atoms with Crippen molar-refractivity contribution in [2.24, 2.45) is 0 Å². The minimum atomic E-state index is -0.686. The monoisotopic (exact) mass is 250 g/mol. The van der Waals surface area contributed by atoms with Crippen LogP contribution in [0.2, 0.25) is 0 Å². The number of benzene rings is 2. The fraction of sp³-hybridized carbons (Fsp3) is 0.143. The van der Waals surface area contributed by atoms with Crippen LogP contribution in [0, 0.1) is 18.6 Å². The second-order valence-corrected chi connectivity index (χ2v) is 3.95. The van der Waals surface area contributed by atoms with E-state index in [2.05, 4.69) is 0 Å². The molecule has 94 valence electrons. The average Bonchev–Trinajstić information content (AvgIpc) is 2.27. The third-order valence-corrected chi connectivity index (χ3v) is 2.56. The molecule has 0 saturated heterocycles. The van der Waals surface area contributed by atoms with E-state index in [-0.39, 0.29) is 12.4 Å². The lowest BCUT2D eigenvalue weighted by Gasteiger charge is -2.09. The summed E-state index contributed by atoms with van der Waals surface area (Å²) in [6, 6.07) is 8.06. The number of rotatable bonds is 3. The highest BCUT2D eigenvalue weighted by Crippen LogP contribution is 2.25. The molecule has 0 bridgehead atoms. The standard InChI is InChI=1S/C14H12F2O2/c1-9-4-13(3-2-10(9)8-17)18-14-6-11(15)5-12(16)7-14/h2-7,17H,8H2,1H3. The molecule has 0 heterocycles. The van der Waals surface area contributed by atoms with E-state index in [9.17, 15) is 8.78 Å². The largest absolute Gasteiger partial charge is 0.457 e. The lowest BCUT2D eigenvalue weighted by Crippen LogP contribution is -1.91. The number of hydrogen-bond donors (Lipinski definition) is 1. The van der Waals surface area contributed by atoms with E-state index < -0.39 is 11.6 Å². The van der Waals surface area contributed by atoms with E-state index in [1.807, 2.05) is 6.92 Å². The van der Waals surface area contributed by atoms with Crippen molar-refractivity contribution in [3.05, 3.63) is 59.2 Å². The molecule has 2 rings (SSSR count). The van der Waals surface area contributed by atoms with Gasteiger partial charge in [0, 0.05) is 18.2 Å². The third-order valence-electron chi connectivity index (χ3n) is 2.56. The van der Waals surface area contributed by atoms with Gasteiger partial charge in [-0.15, -0.1) is 0 Å². The summed E-state index contributed by atoms with van der Waals surface area (Å²) >= 11 is 0. The van der Waals surface area contributed by atoms with E-state index >= 15 is 0 Å². The summed E-state index contributed by atoms with van der Waals surface area (Å²) in [5.41, 5.74) is 1.64. The van der Waals surface area contributed by atoms with Gasteiger partial charge in [0.2, 0.25) is 0 Å². The molecule has 0 aliphatic rings. The first-order valence-corrected chi connectivity index (χ1v) is 5.43. The zero-order valence-electron chi connectivity index (χ0n) is 9.78. The summed E-state index contributed by atoms with van der Waals surface area (Å²) in [4.78, 5) is 0. The number of aliphatic hydroxyl groups excluding tert-OH is 1. The molecule has 0 aliphatic carbocycles. The van der Waals surface area contributed by atoms with E-state index in [1.54, 1.807) is 18.2 Å². The van der Waals surface area contributed by atoms with E-state index in [0.29, 0.717) is 5.75 Å². The highest BCUT2D eigenvalue weighted by molar-refractivity contribution is 5.37. The summed E-state index contributed by atoms with van der Waals surface area (Å²) < 4.78 is 31.3. The zero-order chi connectivity index (χ0) is 13.1. The molecule has 4 heteroatoms. The van der Waals surface area contributed by atoms with E-state index in [4.69, 9.17) is 9.84 Å². The molecule has 0 fully saturated rings. The summed E-state index contributed by atoms with van der Waals surface area (Å²) in [5.74, 6) is -0.805. The first-order valence-electron chi connectivity index (χ1n) is 5.43. The molecule has 18 heavy (non-hydrogen) atoms. The van der Waals surface area contributed by atoms with Gasteiger partial charge in [0.15, 0.2) is 0 Å². The molecule has 0 spiro atoms. The van der Waals surface area contributed by atoms with Crippen LogP contribution in [0.4, 0.5) is 8.78 Å². The maximum Gasteiger partial charge on any atom is 0.133 e. The van der Waals surface area contributed by atoms with Crippen LogP contribution in [-0.4, -0.2) is 5.11 Å². The van der Waals surface area contributed by atoms with Crippen LogP contribution in [0.1, 0.15) is 11.1 Å². The number of aliphatic hydroxyl groups is 1. The van der Waals surface area contributed by atoms with Gasteiger partial charge in [0.1, 0.15) is 23.1 Å². The molecule has 2 aromatic carbocycles. The Morgan fingerprint density at radius 3 is 2.22 bits per heavy atom. The quantitative estimate of drug-likeness (QED) is 0.902. The van der Waals surface area contributed by atoms with Crippen LogP contribution in [0.5, 0.6) is 11.5 Å². The zero-order valence-corrected chi connectivity index (χ0v) is 9.78. The summed E-state index contributed by atoms with van der Waals surface area (Å²) in [7, 11) is 0. The first kappa shape index (κ1) is 12.5. The molecule has 2 nitrogen and oxygen atoms in total. The van der Waals surface area contributed by atoms with E-state index in [0.717, 1.165) is 29.3 Å². The van der Waals surface area contributed by atoms with Crippen LogP contribution in [0.3, 0.4) is 0 Å². The predicted octanol–water partition coefficient (Wildman–Crippen LogP) is 3.56. The van der Waals surface area contributed by atoms with Gasteiger partial charge in [0.05, 0.1) is 6.61 Å². The van der Waals surface area contributed by atoms with Crippen molar-refractivity contribution in [1.82, 2.24) is 0 Å². The second-order valence-electron chi connectivity index (χ2n) is 3.95. The molecule has 0 saturated carbocycles. The van der Waals surface area contributed by atoms with Gasteiger partial charge >= 0.3 is 0 Å². The summed E-state index contributed by atoms with van der Waals surface area (Å²) in [6.07, 6.45) is 0. The molecule has 0 unspecified atom stereocenters. The van der Waals surface area contributed by atoms with Crippen LogP contribution in [0.15, 0.2) is 36.4 Å². The molecular formula is C14H12F2O2. The Hall–Kier alpha value is -1.94. The molecule has 0 atom stereocenters. The normalized spacial score (nSPS) is 10.4. The van der Waals surface area contributed by atoms with Crippen molar-refractivity contribution >= 4 is 0 Å². The molecule has 0 aromatic heterocycles. The highest BCUT2D eigenvalue weighted by Gasteiger charge is 2.04. The molecule has 0 amide bonds. The second kappa shape index (κ2) is 5.14. The lowest BCUT2D eigenvalue weighted by molar-refractivity contribution is 0.281. The van der Waals surface area contributed by atoms with Gasteiger partial charge in [-0.05, 0) is 30.2 Å². The molecule has 0 radical (unpaired) electrons. The minimum Gasteiger partial charge on any atom is -0.457 e. The molecule has 1 N–H and O–H groups in total. The Labute approximate surface area is 103 Å². The van der Waals surface area contributed by atoms with Crippen LogP contribution >= 0.6 is 0 Å². The third kappa shape index (κ3) is 2.84. The SMILES string of the molecule is Cc1cc(Oc2cc(F)cc(F)c2)ccc1CO. The van der Waals surface area contributed by atoms with Crippen molar-refractivity contribution in [2.75, 3.05) is 0 Å². The maximum atomic E-state index is 13.0. The Bertz CT molecular complexity index is 547. The fourth-order valence-corrected chi connectivity index (χ4v) is 1.63. The van der Waals surface area contributed by atoms with Gasteiger partial charge in [-0.1, -0.05) is 6.07 Å². The van der Waals surface area contributed by atoms with Gasteiger partial charge < -0.3 is 9.84 Å². The Morgan fingerprint density at radius 1 is 1.00 bits per heavy atom.